The zero-order valence-corrected chi connectivity index (χ0v) is 14.1. The van der Waals surface area contributed by atoms with Crippen LogP contribution in [0.2, 0.25) is 0 Å². The van der Waals surface area contributed by atoms with Gasteiger partial charge in [0.1, 0.15) is 6.26 Å². The lowest BCUT2D eigenvalue weighted by Crippen LogP contribution is -2.34. The van der Waals surface area contributed by atoms with E-state index in [0.717, 1.165) is 38.2 Å². The summed E-state index contributed by atoms with van der Waals surface area (Å²) in [5.74, 6) is 0.980. The minimum atomic E-state index is -0.107. The molecule has 0 aliphatic carbocycles. The van der Waals surface area contributed by atoms with E-state index in [-0.39, 0.29) is 6.03 Å². The quantitative estimate of drug-likeness (QED) is 0.911. The van der Waals surface area contributed by atoms with Gasteiger partial charge in [0.15, 0.2) is 5.82 Å². The summed E-state index contributed by atoms with van der Waals surface area (Å²) in [6.07, 6.45) is 6.22. The highest BCUT2D eigenvalue weighted by Crippen LogP contribution is 2.20. The monoisotopic (exact) mass is 329 g/mol. The van der Waals surface area contributed by atoms with E-state index in [1.54, 1.807) is 6.20 Å². The highest BCUT2D eigenvalue weighted by molar-refractivity contribution is 5.89. The molecule has 7 nitrogen and oxygen atoms in total. The molecule has 2 aromatic heterocycles. The summed E-state index contributed by atoms with van der Waals surface area (Å²) in [4.78, 5) is 20.6. The Bertz CT molecular complexity index is 673. The summed E-state index contributed by atoms with van der Waals surface area (Å²) in [5, 5.41) is 6.60. The number of carbonyl (C=O) groups is 1. The van der Waals surface area contributed by atoms with Crippen molar-refractivity contribution >= 4 is 11.8 Å². The second-order valence-electron chi connectivity index (χ2n) is 6.44. The van der Waals surface area contributed by atoms with Crippen LogP contribution < -0.4 is 5.32 Å². The molecule has 1 saturated heterocycles. The Kier molecular flexibility index (Phi) is 5.10. The molecule has 0 spiro atoms. The van der Waals surface area contributed by atoms with Gasteiger partial charge >= 0.3 is 6.03 Å². The molecule has 1 fully saturated rings. The summed E-state index contributed by atoms with van der Waals surface area (Å²) >= 11 is 0. The first kappa shape index (κ1) is 16.4. The van der Waals surface area contributed by atoms with Gasteiger partial charge < -0.3 is 14.3 Å². The SMILES string of the molecule is Cc1conc1NC(=O)N1CCC(CN(C)Cc2cccnc2)C1. The zero-order valence-electron chi connectivity index (χ0n) is 14.1. The van der Waals surface area contributed by atoms with Crippen molar-refractivity contribution in [1.82, 2.24) is 19.9 Å². The van der Waals surface area contributed by atoms with Crippen LogP contribution in [0.4, 0.5) is 10.6 Å². The first-order chi connectivity index (χ1) is 11.6. The van der Waals surface area contributed by atoms with Crippen LogP contribution in [0.15, 0.2) is 35.3 Å². The number of carbonyl (C=O) groups excluding carboxylic acids is 1. The maximum atomic E-state index is 12.3. The van der Waals surface area contributed by atoms with Crippen LogP contribution in [0.3, 0.4) is 0 Å². The molecule has 0 saturated carbocycles. The van der Waals surface area contributed by atoms with Crippen molar-refractivity contribution in [3.05, 3.63) is 41.9 Å². The van der Waals surface area contributed by atoms with Gasteiger partial charge in [0.2, 0.25) is 0 Å². The van der Waals surface area contributed by atoms with Gasteiger partial charge in [-0.25, -0.2) is 4.79 Å². The Balaban J connectivity index is 1.46. The van der Waals surface area contributed by atoms with Gasteiger partial charge in [0.25, 0.3) is 0 Å². The fraction of sp³-hybridized carbons (Fsp3) is 0.471. The van der Waals surface area contributed by atoms with Crippen molar-refractivity contribution in [3.8, 4) is 0 Å². The van der Waals surface area contributed by atoms with Crippen molar-refractivity contribution in [2.24, 2.45) is 5.92 Å². The number of aromatic nitrogens is 2. The second kappa shape index (κ2) is 7.44. The zero-order chi connectivity index (χ0) is 16.9. The molecular formula is C17H23N5O2. The van der Waals surface area contributed by atoms with Crippen LogP contribution in [-0.4, -0.2) is 52.7 Å². The number of aryl methyl sites for hydroxylation is 1. The minimum absolute atomic E-state index is 0.107. The van der Waals surface area contributed by atoms with Crippen molar-refractivity contribution in [2.45, 2.75) is 19.9 Å². The van der Waals surface area contributed by atoms with E-state index >= 15 is 0 Å². The molecule has 3 rings (SSSR count). The first-order valence-corrected chi connectivity index (χ1v) is 8.16. The molecule has 0 radical (unpaired) electrons. The number of likely N-dealkylation sites (tertiary alicyclic amines) is 1. The summed E-state index contributed by atoms with van der Waals surface area (Å²) in [6.45, 7) is 5.22. The molecule has 1 aliphatic heterocycles. The largest absolute Gasteiger partial charge is 0.362 e. The Morgan fingerprint density at radius 3 is 3.12 bits per heavy atom. The molecule has 0 aromatic carbocycles. The predicted molar refractivity (Wildman–Crippen MR) is 90.5 cm³/mol. The third kappa shape index (κ3) is 4.11. The van der Waals surface area contributed by atoms with Crippen molar-refractivity contribution < 1.29 is 9.32 Å². The van der Waals surface area contributed by atoms with Gasteiger partial charge in [-0.15, -0.1) is 0 Å². The van der Waals surface area contributed by atoms with E-state index in [1.807, 2.05) is 24.1 Å². The number of nitrogens with one attached hydrogen (secondary N) is 1. The van der Waals surface area contributed by atoms with Gasteiger partial charge in [0.05, 0.1) is 0 Å². The van der Waals surface area contributed by atoms with Crippen LogP contribution in [-0.2, 0) is 6.54 Å². The van der Waals surface area contributed by atoms with Crippen LogP contribution in [0, 0.1) is 12.8 Å². The molecule has 3 heterocycles. The molecular weight excluding hydrogens is 306 g/mol. The molecule has 1 atom stereocenters. The van der Waals surface area contributed by atoms with E-state index in [9.17, 15) is 4.79 Å². The Morgan fingerprint density at radius 2 is 2.42 bits per heavy atom. The van der Waals surface area contributed by atoms with Crippen LogP contribution in [0.5, 0.6) is 0 Å². The molecule has 2 aromatic rings. The lowest BCUT2D eigenvalue weighted by Gasteiger charge is -2.21. The highest BCUT2D eigenvalue weighted by Gasteiger charge is 2.27. The fourth-order valence-electron chi connectivity index (χ4n) is 3.06. The first-order valence-electron chi connectivity index (χ1n) is 8.16. The van der Waals surface area contributed by atoms with Gasteiger partial charge in [-0.1, -0.05) is 11.2 Å². The lowest BCUT2D eigenvalue weighted by molar-refractivity contribution is 0.216. The molecule has 1 aliphatic rings. The Morgan fingerprint density at radius 1 is 1.54 bits per heavy atom. The van der Waals surface area contributed by atoms with Crippen LogP contribution in [0.25, 0.3) is 0 Å². The third-order valence-corrected chi connectivity index (χ3v) is 4.29. The molecule has 1 unspecified atom stereocenters. The van der Waals surface area contributed by atoms with E-state index in [2.05, 4.69) is 33.5 Å². The lowest BCUT2D eigenvalue weighted by atomic mass is 10.1. The number of hydrogen-bond donors (Lipinski definition) is 1. The van der Waals surface area contributed by atoms with E-state index in [1.165, 1.54) is 11.8 Å². The summed E-state index contributed by atoms with van der Waals surface area (Å²) in [5.41, 5.74) is 2.03. The molecule has 0 bridgehead atoms. The number of amides is 2. The molecule has 1 N–H and O–H groups in total. The van der Waals surface area contributed by atoms with E-state index < -0.39 is 0 Å². The normalized spacial score (nSPS) is 17.5. The topological polar surface area (TPSA) is 74.5 Å². The predicted octanol–water partition coefficient (Wildman–Crippen LogP) is 2.36. The second-order valence-corrected chi connectivity index (χ2v) is 6.44. The maximum Gasteiger partial charge on any atom is 0.323 e. The Labute approximate surface area is 141 Å². The van der Waals surface area contributed by atoms with Crippen LogP contribution in [0.1, 0.15) is 17.5 Å². The minimum Gasteiger partial charge on any atom is -0.362 e. The average Bonchev–Trinajstić information content (AvgIpc) is 3.18. The van der Waals surface area contributed by atoms with Gasteiger partial charge in [-0.05, 0) is 37.9 Å². The molecule has 2 amide bonds. The van der Waals surface area contributed by atoms with Crippen molar-refractivity contribution in [2.75, 3.05) is 32.0 Å². The number of urea groups is 1. The number of rotatable bonds is 5. The van der Waals surface area contributed by atoms with E-state index in [4.69, 9.17) is 4.52 Å². The standard InChI is InChI=1S/C17H23N5O2/c1-13-12-24-20-16(13)19-17(23)22-7-5-15(11-22)10-21(2)9-14-4-3-6-18-8-14/h3-4,6,8,12,15H,5,7,9-11H2,1-2H3,(H,19,20,23). The van der Waals surface area contributed by atoms with Crippen LogP contribution >= 0.6 is 0 Å². The number of anilines is 1. The summed E-state index contributed by atoms with van der Waals surface area (Å²) < 4.78 is 4.84. The highest BCUT2D eigenvalue weighted by atomic mass is 16.5. The molecule has 24 heavy (non-hydrogen) atoms. The third-order valence-electron chi connectivity index (χ3n) is 4.29. The number of pyridine rings is 1. The fourth-order valence-corrected chi connectivity index (χ4v) is 3.06. The smallest absolute Gasteiger partial charge is 0.323 e. The van der Waals surface area contributed by atoms with Gasteiger partial charge in [0, 0.05) is 44.1 Å². The Hall–Kier alpha value is -2.41. The average molecular weight is 329 g/mol. The van der Waals surface area contributed by atoms with E-state index in [0.29, 0.717) is 11.7 Å². The summed E-state index contributed by atoms with van der Waals surface area (Å²) in [6, 6.07) is 3.93. The van der Waals surface area contributed by atoms with Crippen molar-refractivity contribution in [1.29, 1.82) is 0 Å². The number of nitrogens with zero attached hydrogens (tertiary/aromatic N) is 4. The number of hydrogen-bond acceptors (Lipinski definition) is 5. The molecule has 128 valence electrons. The van der Waals surface area contributed by atoms with Gasteiger partial charge in [-0.2, -0.15) is 0 Å². The van der Waals surface area contributed by atoms with Crippen molar-refractivity contribution in [3.63, 3.8) is 0 Å². The molecule has 7 heteroatoms. The maximum absolute atomic E-state index is 12.3. The van der Waals surface area contributed by atoms with Gasteiger partial charge in [-0.3, -0.25) is 10.3 Å². The summed E-state index contributed by atoms with van der Waals surface area (Å²) in [7, 11) is 2.11.